The first-order valence-corrected chi connectivity index (χ1v) is 7.67. The van der Waals surface area contributed by atoms with Gasteiger partial charge in [-0.05, 0) is 45.5 Å². The quantitative estimate of drug-likeness (QED) is 0.519. The van der Waals surface area contributed by atoms with E-state index in [2.05, 4.69) is 0 Å². The maximum absolute atomic E-state index is 12.0. The Morgan fingerprint density at radius 2 is 1.95 bits per heavy atom. The van der Waals surface area contributed by atoms with Gasteiger partial charge in [0.25, 0.3) is 0 Å². The summed E-state index contributed by atoms with van der Waals surface area (Å²) in [5.74, 6) is -0.185. The van der Waals surface area contributed by atoms with Crippen LogP contribution in [0.3, 0.4) is 0 Å². The molecule has 0 saturated carbocycles. The number of allylic oxidation sites excluding steroid dienone is 1. The second-order valence-electron chi connectivity index (χ2n) is 5.36. The van der Waals surface area contributed by atoms with Crippen LogP contribution in [0.4, 0.5) is 0 Å². The van der Waals surface area contributed by atoms with Crippen LogP contribution in [0, 0.1) is 0 Å². The van der Waals surface area contributed by atoms with Gasteiger partial charge in [0, 0.05) is 0 Å². The lowest BCUT2D eigenvalue weighted by Gasteiger charge is -2.23. The zero-order chi connectivity index (χ0) is 16.4. The second-order valence-corrected chi connectivity index (χ2v) is 5.36. The Morgan fingerprint density at radius 1 is 1.27 bits per heavy atom. The summed E-state index contributed by atoms with van der Waals surface area (Å²) in [6.07, 6.45) is 2.64. The van der Waals surface area contributed by atoms with E-state index in [0.29, 0.717) is 26.2 Å². The lowest BCUT2D eigenvalue weighted by atomic mass is 10.1. The molecule has 0 saturated heterocycles. The van der Waals surface area contributed by atoms with Gasteiger partial charge < -0.3 is 9.47 Å². The van der Waals surface area contributed by atoms with Crippen molar-refractivity contribution in [3.8, 4) is 0 Å². The smallest absolute Gasteiger partial charge is 0.323 e. The van der Waals surface area contributed by atoms with E-state index < -0.39 is 0 Å². The van der Waals surface area contributed by atoms with Crippen molar-refractivity contribution >= 4 is 5.97 Å². The van der Waals surface area contributed by atoms with E-state index in [-0.39, 0.29) is 12.0 Å². The fraction of sp³-hybridized carbons (Fsp3) is 0.500. The summed E-state index contributed by atoms with van der Waals surface area (Å²) in [7, 11) is 3.78. The van der Waals surface area contributed by atoms with E-state index in [0.717, 1.165) is 11.1 Å². The van der Waals surface area contributed by atoms with Crippen LogP contribution < -0.4 is 0 Å². The molecule has 4 nitrogen and oxygen atoms in total. The number of hydrogen-bond acceptors (Lipinski definition) is 4. The number of likely N-dealkylation sites (N-methyl/N-ethyl adjacent to an activating group) is 1. The minimum absolute atomic E-state index is 0.185. The first-order valence-electron chi connectivity index (χ1n) is 7.67. The van der Waals surface area contributed by atoms with E-state index in [9.17, 15) is 4.79 Å². The summed E-state index contributed by atoms with van der Waals surface area (Å²) < 4.78 is 10.9. The number of esters is 1. The molecular formula is C18H27NO3. The van der Waals surface area contributed by atoms with Crippen molar-refractivity contribution in [2.75, 3.05) is 27.3 Å². The summed E-state index contributed by atoms with van der Waals surface area (Å²) in [5.41, 5.74) is 2.25. The molecule has 0 aliphatic heterocycles. The average Bonchev–Trinajstić information content (AvgIpc) is 2.51. The maximum Gasteiger partial charge on any atom is 0.323 e. The number of nitrogens with zero attached hydrogens (tertiary/aromatic N) is 1. The van der Waals surface area contributed by atoms with E-state index in [4.69, 9.17) is 9.47 Å². The van der Waals surface area contributed by atoms with Gasteiger partial charge in [-0.15, -0.1) is 0 Å². The van der Waals surface area contributed by atoms with Gasteiger partial charge in [-0.3, -0.25) is 9.69 Å². The van der Waals surface area contributed by atoms with Crippen molar-refractivity contribution < 1.29 is 14.3 Å². The summed E-state index contributed by atoms with van der Waals surface area (Å²) in [6, 6.07) is 9.79. The SMILES string of the molecule is C/C=C(\COCc1ccccc1)CC(C(=O)OCC)N(C)C. The van der Waals surface area contributed by atoms with Crippen molar-refractivity contribution in [2.24, 2.45) is 0 Å². The van der Waals surface area contributed by atoms with Crippen molar-refractivity contribution in [1.82, 2.24) is 4.90 Å². The molecule has 0 heterocycles. The summed E-state index contributed by atoms with van der Waals surface area (Å²) in [6.45, 7) is 5.29. The first kappa shape index (κ1) is 18.4. The van der Waals surface area contributed by atoms with Crippen LogP contribution in [0.15, 0.2) is 42.0 Å². The minimum atomic E-state index is -0.272. The largest absolute Gasteiger partial charge is 0.465 e. The number of rotatable bonds is 9. The molecule has 0 aliphatic rings. The molecule has 1 rings (SSSR count). The predicted octanol–water partition coefficient (Wildman–Crippen LogP) is 3.03. The number of ether oxygens (including phenoxy) is 2. The van der Waals surface area contributed by atoms with Crippen molar-refractivity contribution in [3.05, 3.63) is 47.5 Å². The fourth-order valence-corrected chi connectivity index (χ4v) is 2.10. The third kappa shape index (κ3) is 6.41. The van der Waals surface area contributed by atoms with Gasteiger partial charge in [0.2, 0.25) is 0 Å². The number of hydrogen-bond donors (Lipinski definition) is 0. The molecule has 22 heavy (non-hydrogen) atoms. The minimum Gasteiger partial charge on any atom is -0.465 e. The van der Waals surface area contributed by atoms with Crippen LogP contribution in [-0.2, 0) is 20.9 Å². The van der Waals surface area contributed by atoms with Crippen LogP contribution in [0.25, 0.3) is 0 Å². The Labute approximate surface area is 133 Å². The Bertz CT molecular complexity index is 468. The van der Waals surface area contributed by atoms with Crippen LogP contribution in [-0.4, -0.2) is 44.2 Å². The molecule has 1 aromatic carbocycles. The molecule has 0 radical (unpaired) electrons. The fourth-order valence-electron chi connectivity index (χ4n) is 2.10. The highest BCUT2D eigenvalue weighted by Crippen LogP contribution is 2.13. The zero-order valence-corrected chi connectivity index (χ0v) is 14.0. The van der Waals surface area contributed by atoms with Gasteiger partial charge >= 0.3 is 5.97 Å². The number of carbonyl (C=O) groups is 1. The predicted molar refractivity (Wildman–Crippen MR) is 88.6 cm³/mol. The van der Waals surface area contributed by atoms with Gasteiger partial charge in [0.1, 0.15) is 6.04 Å². The van der Waals surface area contributed by atoms with Crippen molar-refractivity contribution in [2.45, 2.75) is 32.9 Å². The Balaban J connectivity index is 2.50. The van der Waals surface area contributed by atoms with Crippen molar-refractivity contribution in [1.29, 1.82) is 0 Å². The topological polar surface area (TPSA) is 38.8 Å². The highest BCUT2D eigenvalue weighted by Gasteiger charge is 2.23. The van der Waals surface area contributed by atoms with Crippen LogP contribution in [0.2, 0.25) is 0 Å². The van der Waals surface area contributed by atoms with Gasteiger partial charge in [-0.1, -0.05) is 36.4 Å². The summed E-state index contributed by atoms with van der Waals surface area (Å²) >= 11 is 0. The molecule has 122 valence electrons. The number of carbonyl (C=O) groups excluding carboxylic acids is 1. The molecule has 0 N–H and O–H groups in total. The van der Waals surface area contributed by atoms with E-state index in [1.807, 2.05) is 69.3 Å². The normalized spacial score (nSPS) is 13.2. The Hall–Kier alpha value is -1.65. The van der Waals surface area contributed by atoms with Crippen LogP contribution in [0.5, 0.6) is 0 Å². The second kappa shape index (κ2) is 10.1. The van der Waals surface area contributed by atoms with E-state index >= 15 is 0 Å². The Kier molecular flexibility index (Phi) is 8.48. The molecule has 0 aliphatic carbocycles. The lowest BCUT2D eigenvalue weighted by molar-refractivity contribution is -0.148. The molecule has 4 heteroatoms. The van der Waals surface area contributed by atoms with Gasteiger partial charge in [0.15, 0.2) is 0 Å². The van der Waals surface area contributed by atoms with Gasteiger partial charge in [-0.25, -0.2) is 0 Å². The van der Waals surface area contributed by atoms with E-state index in [1.165, 1.54) is 0 Å². The zero-order valence-electron chi connectivity index (χ0n) is 14.0. The van der Waals surface area contributed by atoms with Gasteiger partial charge in [-0.2, -0.15) is 0 Å². The third-order valence-electron chi connectivity index (χ3n) is 3.44. The highest BCUT2D eigenvalue weighted by molar-refractivity contribution is 5.76. The molecular weight excluding hydrogens is 278 g/mol. The Morgan fingerprint density at radius 3 is 2.50 bits per heavy atom. The lowest BCUT2D eigenvalue weighted by Crippen LogP contribution is -2.37. The molecule has 1 unspecified atom stereocenters. The van der Waals surface area contributed by atoms with Crippen LogP contribution in [0.1, 0.15) is 25.8 Å². The van der Waals surface area contributed by atoms with Crippen molar-refractivity contribution in [3.63, 3.8) is 0 Å². The van der Waals surface area contributed by atoms with Crippen LogP contribution >= 0.6 is 0 Å². The summed E-state index contributed by atoms with van der Waals surface area (Å²) in [4.78, 5) is 13.9. The molecule has 0 aromatic heterocycles. The van der Waals surface area contributed by atoms with E-state index in [1.54, 1.807) is 0 Å². The molecule has 1 aromatic rings. The standard InChI is InChI=1S/C18H27NO3/c1-5-15(12-17(19(3)4)18(20)22-6-2)13-21-14-16-10-8-7-9-11-16/h5,7-11,17H,6,12-14H2,1-4H3/b15-5-. The highest BCUT2D eigenvalue weighted by atomic mass is 16.5. The monoisotopic (exact) mass is 305 g/mol. The average molecular weight is 305 g/mol. The maximum atomic E-state index is 12.0. The molecule has 0 fully saturated rings. The number of benzene rings is 1. The third-order valence-corrected chi connectivity index (χ3v) is 3.44. The molecule has 0 amide bonds. The summed E-state index contributed by atoms with van der Waals surface area (Å²) in [5, 5.41) is 0. The first-order chi connectivity index (χ1) is 10.6. The molecule has 0 spiro atoms. The van der Waals surface area contributed by atoms with Gasteiger partial charge in [0.05, 0.1) is 19.8 Å². The molecule has 0 bridgehead atoms. The molecule has 1 atom stereocenters.